The molecule has 1 aromatic carbocycles. The number of nitrogens with two attached hydrogens (primary N) is 1. The van der Waals surface area contributed by atoms with Gasteiger partial charge in [-0.05, 0) is 42.7 Å². The Hall–Kier alpha value is -1.81. The first kappa shape index (κ1) is 12.6. The summed E-state index contributed by atoms with van der Waals surface area (Å²) in [5.74, 6) is -0.335. The predicted octanol–water partition coefficient (Wildman–Crippen LogP) is 2.25. The van der Waals surface area contributed by atoms with Crippen LogP contribution >= 0.6 is 0 Å². The van der Waals surface area contributed by atoms with Crippen molar-refractivity contribution in [1.82, 2.24) is 0 Å². The molecule has 0 saturated heterocycles. The van der Waals surface area contributed by atoms with Crippen LogP contribution in [-0.4, -0.2) is 25.8 Å². The first-order valence-corrected chi connectivity index (χ1v) is 6.05. The third-order valence-corrected chi connectivity index (χ3v) is 2.80. The van der Waals surface area contributed by atoms with Gasteiger partial charge in [0, 0.05) is 5.69 Å². The van der Waals surface area contributed by atoms with Gasteiger partial charge >= 0.3 is 5.97 Å². The zero-order valence-corrected chi connectivity index (χ0v) is 10.4. The number of benzene rings is 1. The van der Waals surface area contributed by atoms with Crippen LogP contribution < -0.4 is 5.73 Å². The minimum atomic E-state index is -0.335. The number of esters is 1. The molecule has 18 heavy (non-hydrogen) atoms. The van der Waals surface area contributed by atoms with Crippen molar-refractivity contribution >= 4 is 17.2 Å². The monoisotopic (exact) mass is 247 g/mol. The molecule has 1 heterocycles. The number of hydrogen-bond donors (Lipinski definition) is 1. The van der Waals surface area contributed by atoms with Crippen molar-refractivity contribution in [1.29, 1.82) is 0 Å². The van der Waals surface area contributed by atoms with E-state index in [1.165, 1.54) is 5.57 Å². The molecule has 0 amide bonds. The Balaban J connectivity index is 2.31. The van der Waals surface area contributed by atoms with E-state index in [9.17, 15) is 4.79 Å². The van der Waals surface area contributed by atoms with Gasteiger partial charge in [-0.25, -0.2) is 4.79 Å². The lowest BCUT2D eigenvalue weighted by atomic mass is 9.99. The number of rotatable bonds is 3. The highest BCUT2D eigenvalue weighted by Crippen LogP contribution is 2.24. The lowest BCUT2D eigenvalue weighted by molar-refractivity contribution is 0.0526. The Bertz CT molecular complexity index is 480. The van der Waals surface area contributed by atoms with Crippen LogP contribution in [0.3, 0.4) is 0 Å². The van der Waals surface area contributed by atoms with Crippen LogP contribution in [0.15, 0.2) is 24.3 Å². The Morgan fingerprint density at radius 3 is 2.94 bits per heavy atom. The molecule has 0 saturated carbocycles. The van der Waals surface area contributed by atoms with E-state index < -0.39 is 0 Å². The van der Waals surface area contributed by atoms with Gasteiger partial charge in [-0.3, -0.25) is 0 Å². The number of anilines is 1. The average Bonchev–Trinajstić information content (AvgIpc) is 2.39. The lowest BCUT2D eigenvalue weighted by Crippen LogP contribution is -2.08. The average molecular weight is 247 g/mol. The molecule has 1 aliphatic heterocycles. The van der Waals surface area contributed by atoms with E-state index in [-0.39, 0.29) is 5.97 Å². The van der Waals surface area contributed by atoms with Gasteiger partial charge in [0.1, 0.15) is 0 Å². The summed E-state index contributed by atoms with van der Waals surface area (Å²) >= 11 is 0. The molecule has 2 rings (SSSR count). The largest absolute Gasteiger partial charge is 0.462 e. The van der Waals surface area contributed by atoms with E-state index in [2.05, 4.69) is 0 Å². The Kier molecular flexibility index (Phi) is 3.99. The number of carbonyl (C=O) groups is 1. The standard InChI is InChI=1S/C14H17NO3/c1-2-18-14(16)12-7-11(8-13(15)9-12)10-3-5-17-6-4-10/h3,7-9H,2,4-6,15H2,1H3. The van der Waals surface area contributed by atoms with Gasteiger partial charge in [0.2, 0.25) is 0 Å². The maximum atomic E-state index is 11.7. The van der Waals surface area contributed by atoms with E-state index in [0.29, 0.717) is 31.1 Å². The molecule has 96 valence electrons. The van der Waals surface area contributed by atoms with Crippen molar-refractivity contribution in [3.8, 4) is 0 Å². The zero-order chi connectivity index (χ0) is 13.0. The van der Waals surface area contributed by atoms with Crippen LogP contribution in [0.5, 0.6) is 0 Å². The summed E-state index contributed by atoms with van der Waals surface area (Å²) in [5, 5.41) is 0. The molecule has 0 radical (unpaired) electrons. The van der Waals surface area contributed by atoms with E-state index in [0.717, 1.165) is 12.0 Å². The highest BCUT2D eigenvalue weighted by molar-refractivity contribution is 5.92. The molecule has 4 heteroatoms. The molecular formula is C14H17NO3. The normalized spacial score (nSPS) is 15.1. The molecule has 1 aliphatic rings. The summed E-state index contributed by atoms with van der Waals surface area (Å²) in [4.78, 5) is 11.7. The van der Waals surface area contributed by atoms with Gasteiger partial charge in [-0.2, -0.15) is 0 Å². The molecule has 0 aromatic heterocycles. The van der Waals surface area contributed by atoms with Gasteiger partial charge in [0.05, 0.1) is 25.4 Å². The first-order chi connectivity index (χ1) is 8.70. The second-order valence-electron chi connectivity index (χ2n) is 4.12. The second kappa shape index (κ2) is 5.69. The van der Waals surface area contributed by atoms with E-state index >= 15 is 0 Å². The first-order valence-electron chi connectivity index (χ1n) is 6.05. The molecule has 4 nitrogen and oxygen atoms in total. The van der Waals surface area contributed by atoms with Crippen molar-refractivity contribution < 1.29 is 14.3 Å². The van der Waals surface area contributed by atoms with Crippen LogP contribution in [0.4, 0.5) is 5.69 Å². The predicted molar refractivity (Wildman–Crippen MR) is 70.2 cm³/mol. The van der Waals surface area contributed by atoms with Crippen molar-refractivity contribution in [2.75, 3.05) is 25.6 Å². The quantitative estimate of drug-likeness (QED) is 0.657. The lowest BCUT2D eigenvalue weighted by Gasteiger charge is -2.15. The van der Waals surface area contributed by atoms with Crippen molar-refractivity contribution in [2.45, 2.75) is 13.3 Å². The number of carbonyl (C=O) groups excluding carboxylic acids is 1. The van der Waals surface area contributed by atoms with Crippen LogP contribution in [-0.2, 0) is 9.47 Å². The van der Waals surface area contributed by atoms with E-state index in [1.54, 1.807) is 13.0 Å². The van der Waals surface area contributed by atoms with Crippen molar-refractivity contribution in [3.63, 3.8) is 0 Å². The van der Waals surface area contributed by atoms with Crippen molar-refractivity contribution in [3.05, 3.63) is 35.4 Å². The maximum absolute atomic E-state index is 11.7. The highest BCUT2D eigenvalue weighted by Gasteiger charge is 2.12. The molecule has 2 N–H and O–H groups in total. The van der Waals surface area contributed by atoms with Gasteiger partial charge in [-0.1, -0.05) is 6.08 Å². The van der Waals surface area contributed by atoms with Gasteiger partial charge in [0.15, 0.2) is 0 Å². The molecule has 0 bridgehead atoms. The van der Waals surface area contributed by atoms with Crippen LogP contribution in [0.2, 0.25) is 0 Å². The molecule has 0 spiro atoms. The van der Waals surface area contributed by atoms with Crippen LogP contribution in [0.1, 0.15) is 29.3 Å². The topological polar surface area (TPSA) is 61.5 Å². The van der Waals surface area contributed by atoms with Crippen LogP contribution in [0, 0.1) is 0 Å². The van der Waals surface area contributed by atoms with Gasteiger partial charge < -0.3 is 15.2 Å². The molecular weight excluding hydrogens is 230 g/mol. The summed E-state index contributed by atoms with van der Waals surface area (Å²) in [6, 6.07) is 5.34. The van der Waals surface area contributed by atoms with E-state index in [1.807, 2.05) is 18.2 Å². The van der Waals surface area contributed by atoms with Gasteiger partial charge in [0.25, 0.3) is 0 Å². The fourth-order valence-corrected chi connectivity index (χ4v) is 1.96. The number of ether oxygens (including phenoxy) is 2. The third-order valence-electron chi connectivity index (χ3n) is 2.80. The third kappa shape index (κ3) is 2.90. The summed E-state index contributed by atoms with van der Waals surface area (Å²) in [5.41, 5.74) is 9.04. The van der Waals surface area contributed by atoms with Crippen molar-refractivity contribution in [2.24, 2.45) is 0 Å². The molecule has 1 aromatic rings. The molecule has 0 atom stereocenters. The Morgan fingerprint density at radius 2 is 2.28 bits per heavy atom. The fourth-order valence-electron chi connectivity index (χ4n) is 1.96. The Labute approximate surface area is 106 Å². The second-order valence-corrected chi connectivity index (χ2v) is 4.12. The smallest absolute Gasteiger partial charge is 0.338 e. The summed E-state index contributed by atoms with van der Waals surface area (Å²) in [7, 11) is 0. The Morgan fingerprint density at radius 1 is 1.44 bits per heavy atom. The van der Waals surface area contributed by atoms with Crippen LogP contribution in [0.25, 0.3) is 5.57 Å². The minimum Gasteiger partial charge on any atom is -0.462 e. The SMILES string of the molecule is CCOC(=O)c1cc(N)cc(C2=CCOCC2)c1. The minimum absolute atomic E-state index is 0.335. The molecule has 0 aliphatic carbocycles. The number of hydrogen-bond acceptors (Lipinski definition) is 4. The summed E-state index contributed by atoms with van der Waals surface area (Å²) < 4.78 is 10.3. The van der Waals surface area contributed by atoms with Gasteiger partial charge in [-0.15, -0.1) is 0 Å². The maximum Gasteiger partial charge on any atom is 0.338 e. The zero-order valence-electron chi connectivity index (χ0n) is 10.4. The molecule has 0 fully saturated rings. The molecule has 0 unspecified atom stereocenters. The fraction of sp³-hybridized carbons (Fsp3) is 0.357. The highest BCUT2D eigenvalue weighted by atomic mass is 16.5. The van der Waals surface area contributed by atoms with E-state index in [4.69, 9.17) is 15.2 Å². The summed E-state index contributed by atoms with van der Waals surface area (Å²) in [6.45, 7) is 3.46. The summed E-state index contributed by atoms with van der Waals surface area (Å²) in [6.07, 6.45) is 2.86. The number of nitrogen functional groups attached to an aromatic ring is 1.